The van der Waals surface area contributed by atoms with Crippen molar-refractivity contribution in [2.24, 2.45) is 0 Å². The second-order valence-corrected chi connectivity index (χ2v) is 9.13. The number of nitrogens with zero attached hydrogens (tertiary/aromatic N) is 1. The number of anilines is 2. The van der Waals surface area contributed by atoms with E-state index in [1.54, 1.807) is 12.1 Å². The molecule has 1 fully saturated rings. The van der Waals surface area contributed by atoms with Crippen LogP contribution >= 0.6 is 0 Å². The van der Waals surface area contributed by atoms with Crippen LogP contribution in [-0.4, -0.2) is 36.9 Å². The van der Waals surface area contributed by atoms with Gasteiger partial charge in [-0.1, -0.05) is 17.7 Å². The molecule has 1 aliphatic heterocycles. The lowest BCUT2D eigenvalue weighted by molar-refractivity contribution is 0.0941. The van der Waals surface area contributed by atoms with Gasteiger partial charge in [-0.25, -0.2) is 13.4 Å². The van der Waals surface area contributed by atoms with Gasteiger partial charge in [0.25, 0.3) is 5.91 Å². The summed E-state index contributed by atoms with van der Waals surface area (Å²) in [6, 6.07) is 7.33. The van der Waals surface area contributed by atoms with E-state index in [9.17, 15) is 13.2 Å². The molecule has 0 saturated carbocycles. The van der Waals surface area contributed by atoms with Gasteiger partial charge in [0, 0.05) is 17.9 Å². The molecule has 6 nitrogen and oxygen atoms in total. The molecule has 0 bridgehead atoms. The number of rotatable bonds is 4. The summed E-state index contributed by atoms with van der Waals surface area (Å²) < 4.78 is 23.0. The maximum absolute atomic E-state index is 12.3. The van der Waals surface area contributed by atoms with Crippen LogP contribution in [-0.2, 0) is 9.84 Å². The molecule has 1 saturated heterocycles. The van der Waals surface area contributed by atoms with Gasteiger partial charge in [-0.3, -0.25) is 4.79 Å². The normalized spacial score (nSPS) is 18.5. The van der Waals surface area contributed by atoms with Crippen molar-refractivity contribution in [1.29, 1.82) is 0 Å². The van der Waals surface area contributed by atoms with Crippen LogP contribution in [0.2, 0.25) is 0 Å². The average Bonchev–Trinajstić information content (AvgIpc) is 2.90. The lowest BCUT2D eigenvalue weighted by Crippen LogP contribution is -2.35. The third-order valence-corrected chi connectivity index (χ3v) is 6.29. The summed E-state index contributed by atoms with van der Waals surface area (Å²) in [6.07, 6.45) is 1.97. The molecule has 1 unspecified atom stereocenters. The molecular formula is C19H23N3O3S. The smallest absolute Gasteiger partial charge is 0.253 e. The number of aromatic nitrogens is 1. The number of pyridine rings is 1. The number of nitrogens with one attached hydrogen (secondary N) is 2. The molecule has 1 aromatic heterocycles. The zero-order valence-corrected chi connectivity index (χ0v) is 16.0. The highest BCUT2D eigenvalue weighted by Gasteiger charge is 2.29. The van der Waals surface area contributed by atoms with Crippen molar-refractivity contribution in [3.8, 4) is 0 Å². The second-order valence-electron chi connectivity index (χ2n) is 6.90. The summed E-state index contributed by atoms with van der Waals surface area (Å²) in [5.41, 5.74) is 4.90. The summed E-state index contributed by atoms with van der Waals surface area (Å²) in [5.74, 6) is 0.500. The summed E-state index contributed by atoms with van der Waals surface area (Å²) in [6.45, 7) is 6.14. The lowest BCUT2D eigenvalue weighted by Gasteiger charge is -2.14. The lowest BCUT2D eigenvalue weighted by atomic mass is 10.1. The van der Waals surface area contributed by atoms with Gasteiger partial charge in [-0.15, -0.1) is 0 Å². The van der Waals surface area contributed by atoms with Crippen LogP contribution in [0.25, 0.3) is 0 Å². The second kappa shape index (κ2) is 7.07. The minimum atomic E-state index is -3.02. The average molecular weight is 373 g/mol. The predicted molar refractivity (Wildman–Crippen MR) is 103 cm³/mol. The highest BCUT2D eigenvalue weighted by molar-refractivity contribution is 7.91. The van der Waals surface area contributed by atoms with Crippen molar-refractivity contribution in [1.82, 2.24) is 10.3 Å². The first-order valence-corrected chi connectivity index (χ1v) is 10.4. The molecule has 7 heteroatoms. The van der Waals surface area contributed by atoms with Crippen molar-refractivity contribution >= 4 is 27.2 Å². The highest BCUT2D eigenvalue weighted by Crippen LogP contribution is 2.25. The predicted octanol–water partition coefficient (Wildman–Crippen LogP) is 2.67. The largest absolute Gasteiger partial charge is 0.348 e. The monoisotopic (exact) mass is 373 g/mol. The van der Waals surface area contributed by atoms with Crippen molar-refractivity contribution in [3.05, 3.63) is 52.7 Å². The van der Waals surface area contributed by atoms with E-state index < -0.39 is 9.84 Å². The summed E-state index contributed by atoms with van der Waals surface area (Å²) in [5, 5.41) is 6.06. The van der Waals surface area contributed by atoms with Crippen LogP contribution < -0.4 is 10.6 Å². The first-order chi connectivity index (χ1) is 12.2. The quantitative estimate of drug-likeness (QED) is 0.860. The molecule has 1 amide bonds. The van der Waals surface area contributed by atoms with Gasteiger partial charge in [0.05, 0.1) is 17.1 Å². The molecule has 2 N–H and O–H groups in total. The minimum absolute atomic E-state index is 0.0117. The Morgan fingerprint density at radius 3 is 2.38 bits per heavy atom. The molecule has 1 aliphatic rings. The molecule has 1 aromatic carbocycles. The third kappa shape index (κ3) is 4.22. The van der Waals surface area contributed by atoms with Crippen molar-refractivity contribution < 1.29 is 13.2 Å². The van der Waals surface area contributed by atoms with Crippen molar-refractivity contribution in [2.45, 2.75) is 33.2 Å². The summed E-state index contributed by atoms with van der Waals surface area (Å²) in [7, 11) is -3.02. The third-order valence-electron chi connectivity index (χ3n) is 4.52. The van der Waals surface area contributed by atoms with Crippen LogP contribution in [0.15, 0.2) is 30.5 Å². The first kappa shape index (κ1) is 18.4. The summed E-state index contributed by atoms with van der Waals surface area (Å²) >= 11 is 0. The van der Waals surface area contributed by atoms with Crippen LogP contribution in [0.4, 0.5) is 11.5 Å². The Morgan fingerprint density at radius 2 is 1.85 bits per heavy atom. The SMILES string of the molecule is Cc1cc(C)c(Nc2ccc(C(=O)NC3CCS(=O)(=O)C3)cn2)c(C)c1. The van der Waals surface area contributed by atoms with Gasteiger partial charge in [0.1, 0.15) is 5.82 Å². The van der Waals surface area contributed by atoms with Gasteiger partial charge < -0.3 is 10.6 Å². The number of aryl methyl sites for hydroxylation is 3. The number of carbonyl (C=O) groups is 1. The molecule has 2 aromatic rings. The van der Waals surface area contributed by atoms with Crippen LogP contribution in [0.3, 0.4) is 0 Å². The highest BCUT2D eigenvalue weighted by atomic mass is 32.2. The van der Waals surface area contributed by atoms with Crippen LogP contribution in [0, 0.1) is 20.8 Å². The molecular weight excluding hydrogens is 350 g/mol. The number of amides is 1. The van der Waals surface area contributed by atoms with E-state index >= 15 is 0 Å². The van der Waals surface area contributed by atoms with E-state index in [0.717, 1.165) is 16.8 Å². The fraction of sp³-hybridized carbons (Fsp3) is 0.368. The molecule has 26 heavy (non-hydrogen) atoms. The van der Waals surface area contributed by atoms with E-state index in [1.807, 2.05) is 13.8 Å². The molecule has 1 atom stereocenters. The molecule has 0 radical (unpaired) electrons. The number of carbonyl (C=O) groups excluding carboxylic acids is 1. The molecule has 138 valence electrons. The molecule has 3 rings (SSSR count). The maximum Gasteiger partial charge on any atom is 0.253 e. The number of hydrogen-bond acceptors (Lipinski definition) is 5. The number of sulfone groups is 1. The molecule has 2 heterocycles. The van der Waals surface area contributed by atoms with E-state index in [1.165, 1.54) is 11.8 Å². The van der Waals surface area contributed by atoms with Gasteiger partial charge in [-0.2, -0.15) is 0 Å². The topological polar surface area (TPSA) is 88.2 Å². The van der Waals surface area contributed by atoms with E-state index in [0.29, 0.717) is 17.8 Å². The van der Waals surface area contributed by atoms with E-state index in [2.05, 4.69) is 34.7 Å². The Balaban J connectivity index is 1.68. The fourth-order valence-electron chi connectivity index (χ4n) is 3.28. The number of hydrogen-bond donors (Lipinski definition) is 2. The zero-order valence-electron chi connectivity index (χ0n) is 15.2. The summed E-state index contributed by atoms with van der Waals surface area (Å²) in [4.78, 5) is 16.6. The van der Waals surface area contributed by atoms with Crippen LogP contribution in [0.1, 0.15) is 33.5 Å². The van der Waals surface area contributed by atoms with Gasteiger partial charge in [0.15, 0.2) is 9.84 Å². The Labute approximate surface area is 154 Å². The van der Waals surface area contributed by atoms with Crippen LogP contribution in [0.5, 0.6) is 0 Å². The Kier molecular flexibility index (Phi) is 5.00. The van der Waals surface area contributed by atoms with E-state index in [4.69, 9.17) is 0 Å². The van der Waals surface area contributed by atoms with Gasteiger partial charge >= 0.3 is 0 Å². The zero-order chi connectivity index (χ0) is 18.9. The first-order valence-electron chi connectivity index (χ1n) is 8.56. The fourth-order valence-corrected chi connectivity index (χ4v) is 4.96. The Hall–Kier alpha value is -2.41. The Bertz CT molecular complexity index is 914. The standard InChI is InChI=1S/C19H23N3O3S/c1-12-8-13(2)18(14(3)9-12)22-17-5-4-15(10-20-17)19(23)21-16-6-7-26(24,25)11-16/h4-5,8-10,16H,6-7,11H2,1-3H3,(H,20,22)(H,21,23). The minimum Gasteiger partial charge on any atom is -0.348 e. The van der Waals surface area contributed by atoms with Crippen molar-refractivity contribution in [3.63, 3.8) is 0 Å². The van der Waals surface area contributed by atoms with Crippen molar-refractivity contribution in [2.75, 3.05) is 16.8 Å². The van der Waals surface area contributed by atoms with Gasteiger partial charge in [-0.05, 0) is 50.5 Å². The van der Waals surface area contributed by atoms with Gasteiger partial charge in [0.2, 0.25) is 0 Å². The van der Waals surface area contributed by atoms with E-state index in [-0.39, 0.29) is 23.5 Å². The molecule has 0 spiro atoms. The number of benzene rings is 1. The Morgan fingerprint density at radius 1 is 1.15 bits per heavy atom. The molecule has 0 aliphatic carbocycles. The maximum atomic E-state index is 12.3.